The average molecular weight is 913 g/mol. The van der Waals surface area contributed by atoms with E-state index >= 15 is 0 Å². The minimum Gasteiger partial charge on any atom is -0.493 e. The summed E-state index contributed by atoms with van der Waals surface area (Å²) in [4.78, 5) is 41.6. The molecule has 0 aliphatic carbocycles. The highest BCUT2D eigenvalue weighted by molar-refractivity contribution is 5.92. The Hall–Kier alpha value is -6.20. The van der Waals surface area contributed by atoms with Gasteiger partial charge in [0.15, 0.2) is 11.3 Å². The monoisotopic (exact) mass is 912 g/mol. The Morgan fingerprint density at radius 3 is 2.32 bits per heavy atom. The maximum atomic E-state index is 13.9. The first kappa shape index (κ1) is 47.8. The van der Waals surface area contributed by atoms with Crippen molar-refractivity contribution >= 4 is 40.0 Å². The molecule has 6 aromatic rings. The summed E-state index contributed by atoms with van der Waals surface area (Å²) in [6.45, 7) is 5.80. The third kappa shape index (κ3) is 11.6. The topological polar surface area (TPSA) is 167 Å². The van der Waals surface area contributed by atoms with E-state index in [0.29, 0.717) is 54.3 Å². The molecule has 2 aliphatic heterocycles. The van der Waals surface area contributed by atoms with Crippen molar-refractivity contribution in [3.05, 3.63) is 130 Å². The molecule has 8 rings (SSSR count). The van der Waals surface area contributed by atoms with Crippen LogP contribution in [-0.2, 0) is 22.6 Å². The number of hydrogen-bond acceptors (Lipinski definition) is 11. The van der Waals surface area contributed by atoms with Crippen molar-refractivity contribution in [2.75, 3.05) is 46.4 Å². The van der Waals surface area contributed by atoms with Crippen LogP contribution in [0, 0.1) is 26.7 Å². The zero-order chi connectivity index (χ0) is 47.1. The minimum atomic E-state index is -4.58. The molecule has 1 fully saturated rings. The van der Waals surface area contributed by atoms with Gasteiger partial charge in [0.2, 0.25) is 11.8 Å². The lowest BCUT2D eigenvalue weighted by Crippen LogP contribution is -2.60. The Morgan fingerprint density at radius 2 is 1.61 bits per heavy atom. The summed E-state index contributed by atoms with van der Waals surface area (Å²) in [6, 6.07) is 22.3. The Kier molecular flexibility index (Phi) is 15.2. The molecule has 16 heteroatoms. The maximum Gasteiger partial charge on any atom is 0.405 e. The molecule has 4 aromatic carbocycles. The average Bonchev–Trinajstić information content (AvgIpc) is 3.87. The highest BCUT2D eigenvalue weighted by Gasteiger charge is 2.38. The number of aliphatic hydroxyl groups is 2. The second-order valence-electron chi connectivity index (χ2n) is 17.1. The second kappa shape index (κ2) is 21.0. The molecule has 1 saturated heterocycles. The van der Waals surface area contributed by atoms with Crippen LogP contribution in [0.3, 0.4) is 0 Å². The lowest BCUT2D eigenvalue weighted by molar-refractivity contribution is -0.143. The Balaban J connectivity index is 0.000000392. The molecule has 2 amide bonds. The summed E-state index contributed by atoms with van der Waals surface area (Å²) in [5.74, 6) is -0.704. The molecule has 4 heterocycles. The second-order valence-corrected chi connectivity index (χ2v) is 17.1. The molecule has 5 atom stereocenters. The lowest BCUT2D eigenvalue weighted by Gasteiger charge is -2.41. The number of nitrogens with one attached hydrogen (secondary N) is 2. The molecule has 0 saturated carbocycles. The van der Waals surface area contributed by atoms with E-state index in [-0.39, 0.29) is 32.0 Å². The SMILES string of the molecule is COc1cc(C=O)cc2c(C)coc12.Cc1coc2c(C)cc(CN3CCN(C[C@@H](O)C[C@@H](Cc4ccccc4)C(=O)N[C@H]4c5ccccc5OC[C@H]4O)[C@H](C(=O)NCC(F)(F)F)C3)cc12. The number of rotatable bonds is 14. The number of amides is 2. The number of carbonyl (C=O) groups excluding carboxylic acids is 3. The Morgan fingerprint density at radius 1 is 0.909 bits per heavy atom. The third-order valence-electron chi connectivity index (χ3n) is 12.1. The van der Waals surface area contributed by atoms with Crippen molar-refractivity contribution < 1.29 is 56.1 Å². The van der Waals surface area contributed by atoms with Gasteiger partial charge in [0.05, 0.1) is 31.8 Å². The van der Waals surface area contributed by atoms with Crippen molar-refractivity contribution in [2.24, 2.45) is 5.92 Å². The normalized spacial score (nSPS) is 18.7. The van der Waals surface area contributed by atoms with Gasteiger partial charge in [0.1, 0.15) is 42.9 Å². The number of nitrogens with zero attached hydrogens (tertiary/aromatic N) is 2. The predicted octanol–water partition coefficient (Wildman–Crippen LogP) is 7.00. The van der Waals surface area contributed by atoms with Crippen LogP contribution in [-0.4, -0.2) is 109 Å². The lowest BCUT2D eigenvalue weighted by atomic mass is 9.90. The number of piperazine rings is 1. The molecule has 2 aliphatic rings. The summed E-state index contributed by atoms with van der Waals surface area (Å²) in [6.07, 6.45) is -2.19. The van der Waals surface area contributed by atoms with Crippen molar-refractivity contribution in [3.63, 3.8) is 0 Å². The van der Waals surface area contributed by atoms with Gasteiger partial charge in [-0.15, -0.1) is 0 Å². The van der Waals surface area contributed by atoms with E-state index in [2.05, 4.69) is 5.32 Å². The molecule has 66 heavy (non-hydrogen) atoms. The number of aldehydes is 1. The Labute approximate surface area is 380 Å². The molecule has 0 spiro atoms. The van der Waals surface area contributed by atoms with Gasteiger partial charge in [-0.25, -0.2) is 0 Å². The van der Waals surface area contributed by atoms with E-state index in [1.165, 1.54) is 0 Å². The molecule has 350 valence electrons. The molecular weight excluding hydrogens is 858 g/mol. The summed E-state index contributed by atoms with van der Waals surface area (Å²) < 4.78 is 61.2. The third-order valence-corrected chi connectivity index (χ3v) is 12.1. The van der Waals surface area contributed by atoms with Crippen molar-refractivity contribution in [2.45, 2.75) is 70.6 Å². The molecule has 0 radical (unpaired) electrons. The first-order valence-corrected chi connectivity index (χ1v) is 21.8. The van der Waals surface area contributed by atoms with Crippen molar-refractivity contribution in [3.8, 4) is 11.5 Å². The largest absolute Gasteiger partial charge is 0.493 e. The smallest absolute Gasteiger partial charge is 0.405 e. The van der Waals surface area contributed by atoms with Crippen LogP contribution in [0.25, 0.3) is 21.9 Å². The van der Waals surface area contributed by atoms with E-state index in [4.69, 9.17) is 18.3 Å². The number of aliphatic hydroxyl groups excluding tert-OH is 2. The van der Waals surface area contributed by atoms with E-state index in [0.717, 1.165) is 50.5 Å². The molecule has 2 aromatic heterocycles. The zero-order valence-corrected chi connectivity index (χ0v) is 37.3. The molecule has 0 bridgehead atoms. The van der Waals surface area contributed by atoms with Gasteiger partial charge in [-0.3, -0.25) is 24.2 Å². The van der Waals surface area contributed by atoms with Crippen LogP contribution in [0.2, 0.25) is 0 Å². The number of para-hydroxylation sites is 1. The Bertz CT molecular complexity index is 2630. The van der Waals surface area contributed by atoms with Crippen LogP contribution in [0.15, 0.2) is 100 Å². The van der Waals surface area contributed by atoms with Crippen molar-refractivity contribution in [1.82, 2.24) is 20.4 Å². The number of benzene rings is 4. The van der Waals surface area contributed by atoms with E-state index < -0.39 is 48.8 Å². The number of ether oxygens (including phenoxy) is 2. The van der Waals surface area contributed by atoms with Gasteiger partial charge in [-0.1, -0.05) is 54.6 Å². The molecule has 0 unspecified atom stereocenters. The maximum absolute atomic E-state index is 13.9. The summed E-state index contributed by atoms with van der Waals surface area (Å²) in [5, 5.41) is 29.2. The number of halogens is 3. The van der Waals surface area contributed by atoms with Crippen LogP contribution in [0.4, 0.5) is 13.2 Å². The zero-order valence-electron chi connectivity index (χ0n) is 37.3. The summed E-state index contributed by atoms with van der Waals surface area (Å²) in [5.41, 5.74) is 7.56. The van der Waals surface area contributed by atoms with Crippen LogP contribution in [0.5, 0.6) is 11.5 Å². The minimum absolute atomic E-state index is 0.00882. The van der Waals surface area contributed by atoms with Gasteiger partial charge in [-0.2, -0.15) is 13.2 Å². The number of β-amino-alcohol motifs (C(OH)–C–C–N with tert-alkyl or cyclic N) is 1. The number of aryl methyl sites for hydroxylation is 3. The van der Waals surface area contributed by atoms with E-state index in [1.54, 1.807) is 54.9 Å². The number of fused-ring (bicyclic) bond motifs is 3. The molecule has 13 nitrogen and oxygen atoms in total. The fourth-order valence-electron chi connectivity index (χ4n) is 8.77. The van der Waals surface area contributed by atoms with Crippen molar-refractivity contribution in [1.29, 1.82) is 0 Å². The number of furan rings is 2. The van der Waals surface area contributed by atoms with E-state index in [1.807, 2.05) is 79.5 Å². The van der Waals surface area contributed by atoms with Gasteiger partial charge in [0.25, 0.3) is 0 Å². The molecular formula is C50H55F3N4O9. The number of hydrogen-bond donors (Lipinski definition) is 4. The van der Waals surface area contributed by atoms with Gasteiger partial charge >= 0.3 is 6.18 Å². The van der Waals surface area contributed by atoms with Crippen LogP contribution < -0.4 is 20.1 Å². The first-order valence-electron chi connectivity index (χ1n) is 21.8. The summed E-state index contributed by atoms with van der Waals surface area (Å²) in [7, 11) is 1.56. The summed E-state index contributed by atoms with van der Waals surface area (Å²) >= 11 is 0. The van der Waals surface area contributed by atoms with Crippen LogP contribution >= 0.6 is 0 Å². The number of carbonyl (C=O) groups is 3. The van der Waals surface area contributed by atoms with Gasteiger partial charge < -0.3 is 39.2 Å². The number of alkyl halides is 3. The highest BCUT2D eigenvalue weighted by Crippen LogP contribution is 2.34. The first-order chi connectivity index (χ1) is 31.6. The number of methoxy groups -OCH3 is 1. The van der Waals surface area contributed by atoms with E-state index in [9.17, 15) is 37.8 Å². The highest BCUT2D eigenvalue weighted by atomic mass is 19.4. The fourth-order valence-corrected chi connectivity index (χ4v) is 8.77. The van der Waals surface area contributed by atoms with Gasteiger partial charge in [0, 0.05) is 60.5 Å². The standard InChI is InChI=1S/C39H45F3N4O6.C11H10O3/c1-24-14-27(16-31-25(2)21-52-36(24)31)18-45-12-13-46(32(20-45)38(50)43-23-39(40,41)42)19-29(47)17-28(15-26-8-4-3-5-9-26)37(49)44-35-30-10-6-7-11-34(30)51-22-33(35)48;1-7-6-14-11-9(7)3-8(5-12)4-10(11)13-2/h3-11,14,16,21,28-29,32-33,35,47-48H,12-13,15,17-20,22-23H2,1-2H3,(H,43,50)(H,44,49);3-6H,1-2H3/t28-,29+,32+,33-,35+;/m1./s1. The van der Waals surface area contributed by atoms with Gasteiger partial charge in [-0.05, 0) is 85.7 Å². The predicted molar refractivity (Wildman–Crippen MR) is 241 cm³/mol. The fraction of sp³-hybridized carbons (Fsp3) is 0.380. The molecule has 4 N–H and O–H groups in total. The quantitative estimate of drug-likeness (QED) is 0.0832. The van der Waals surface area contributed by atoms with Crippen LogP contribution in [0.1, 0.15) is 56.2 Å².